The molecule has 0 heterocycles. The Morgan fingerprint density at radius 1 is 1.38 bits per heavy atom. The molecule has 0 saturated heterocycles. The van der Waals surface area contributed by atoms with Gasteiger partial charge in [-0.1, -0.05) is 33.6 Å². The van der Waals surface area contributed by atoms with E-state index in [1.54, 1.807) is 0 Å². The molecule has 0 radical (unpaired) electrons. The summed E-state index contributed by atoms with van der Waals surface area (Å²) in [5, 5.41) is 3.96. The van der Waals surface area contributed by atoms with Crippen LogP contribution >= 0.6 is 11.6 Å². The van der Waals surface area contributed by atoms with Crippen molar-refractivity contribution in [1.82, 2.24) is 5.32 Å². The van der Waals surface area contributed by atoms with Crippen LogP contribution in [0.3, 0.4) is 0 Å². The lowest BCUT2D eigenvalue weighted by Gasteiger charge is -2.49. The van der Waals surface area contributed by atoms with Gasteiger partial charge in [-0.25, -0.2) is 0 Å². The van der Waals surface area contributed by atoms with Gasteiger partial charge in [-0.2, -0.15) is 0 Å². The van der Waals surface area contributed by atoms with Gasteiger partial charge in [0.15, 0.2) is 0 Å². The van der Waals surface area contributed by atoms with Gasteiger partial charge in [0.1, 0.15) is 0 Å². The predicted octanol–water partition coefficient (Wildman–Crippen LogP) is 3.17. The fraction of sp³-hybridized carbons (Fsp3) is 1.00. The van der Waals surface area contributed by atoms with Crippen LogP contribution in [0.15, 0.2) is 0 Å². The van der Waals surface area contributed by atoms with Crippen LogP contribution in [0.2, 0.25) is 0 Å². The third-order valence-electron chi connectivity index (χ3n) is 3.32. The van der Waals surface area contributed by atoms with Crippen molar-refractivity contribution in [3.63, 3.8) is 0 Å². The lowest BCUT2D eigenvalue weighted by molar-refractivity contribution is 0.117. The summed E-state index contributed by atoms with van der Waals surface area (Å²) in [5.41, 5.74) is 0.299. The van der Waals surface area contributed by atoms with E-state index in [-0.39, 0.29) is 0 Å². The van der Waals surface area contributed by atoms with Gasteiger partial charge in [0, 0.05) is 11.4 Å². The van der Waals surface area contributed by atoms with Gasteiger partial charge in [-0.3, -0.25) is 0 Å². The van der Waals surface area contributed by atoms with Crippen molar-refractivity contribution in [1.29, 1.82) is 0 Å². The summed E-state index contributed by atoms with van der Waals surface area (Å²) in [6, 6.07) is 0.645. The van der Waals surface area contributed by atoms with E-state index in [0.717, 1.165) is 13.0 Å². The Balaban J connectivity index is 2.10. The van der Waals surface area contributed by atoms with E-state index in [0.29, 0.717) is 16.8 Å². The van der Waals surface area contributed by atoms with Crippen LogP contribution in [0.4, 0.5) is 0 Å². The van der Waals surface area contributed by atoms with Crippen molar-refractivity contribution in [3.05, 3.63) is 0 Å². The van der Waals surface area contributed by atoms with E-state index < -0.39 is 0 Å². The van der Waals surface area contributed by atoms with Crippen molar-refractivity contribution < 1.29 is 0 Å². The average Bonchev–Trinajstić information content (AvgIpc) is 2.10. The van der Waals surface area contributed by atoms with Crippen LogP contribution in [-0.4, -0.2) is 18.0 Å². The Morgan fingerprint density at radius 3 is 2.54 bits per heavy atom. The number of alkyl halides is 1. The normalized spacial score (nSPS) is 31.4. The molecular weight excluding hydrogens is 182 g/mol. The first-order valence-electron chi connectivity index (χ1n) is 5.46. The zero-order chi connectivity index (χ0) is 9.90. The molecule has 1 saturated carbocycles. The molecular formula is C11H22ClN. The summed E-state index contributed by atoms with van der Waals surface area (Å²) in [4.78, 5) is 0. The lowest BCUT2D eigenvalue weighted by Crippen LogP contribution is -2.57. The van der Waals surface area contributed by atoms with Gasteiger partial charge in [0.25, 0.3) is 0 Å². The molecule has 0 aliphatic heterocycles. The Hall–Kier alpha value is 0.250. The summed E-state index contributed by atoms with van der Waals surface area (Å²) in [6.45, 7) is 7.91. The van der Waals surface area contributed by atoms with E-state index in [1.165, 1.54) is 19.3 Å². The molecule has 2 atom stereocenters. The summed E-state index contributed by atoms with van der Waals surface area (Å²) in [7, 11) is 0. The smallest absolute Gasteiger partial charge is 0.0416 e. The molecule has 1 aliphatic rings. The van der Waals surface area contributed by atoms with Gasteiger partial charge in [-0.05, 0) is 24.8 Å². The standard InChI is InChI=1S/C11H22ClN/c1-4-5-6-7-13-10-8-9(12)11(10,2)3/h9-10,13H,4-8H2,1-3H3. The maximum Gasteiger partial charge on any atom is 0.0416 e. The monoisotopic (exact) mass is 203 g/mol. The molecule has 1 nitrogen and oxygen atoms in total. The van der Waals surface area contributed by atoms with Crippen molar-refractivity contribution in [2.45, 2.75) is 57.9 Å². The second-order valence-electron chi connectivity index (χ2n) is 4.74. The molecule has 1 fully saturated rings. The first-order valence-corrected chi connectivity index (χ1v) is 5.90. The van der Waals surface area contributed by atoms with Crippen LogP contribution in [0, 0.1) is 5.41 Å². The molecule has 2 unspecified atom stereocenters. The Bertz CT molecular complexity index is 156. The van der Waals surface area contributed by atoms with E-state index in [2.05, 4.69) is 26.1 Å². The minimum atomic E-state index is 0.299. The SMILES string of the molecule is CCCCCNC1CC(Cl)C1(C)C. The molecule has 2 heteroatoms. The zero-order valence-electron chi connectivity index (χ0n) is 9.07. The molecule has 0 spiro atoms. The molecule has 1 N–H and O–H groups in total. The predicted molar refractivity (Wildman–Crippen MR) is 59.4 cm³/mol. The van der Waals surface area contributed by atoms with E-state index in [1.807, 2.05) is 0 Å². The Kier molecular flexibility index (Phi) is 4.06. The van der Waals surface area contributed by atoms with E-state index in [9.17, 15) is 0 Å². The summed E-state index contributed by atoms with van der Waals surface area (Å²) < 4.78 is 0. The third-order valence-corrected chi connectivity index (χ3v) is 4.06. The number of halogens is 1. The minimum absolute atomic E-state index is 0.299. The van der Waals surface area contributed by atoms with Gasteiger partial charge < -0.3 is 5.32 Å². The average molecular weight is 204 g/mol. The second kappa shape index (κ2) is 4.65. The van der Waals surface area contributed by atoms with Crippen LogP contribution in [-0.2, 0) is 0 Å². The van der Waals surface area contributed by atoms with Crippen molar-refractivity contribution in [2.75, 3.05) is 6.54 Å². The number of hydrogen-bond donors (Lipinski definition) is 1. The third kappa shape index (κ3) is 2.60. The van der Waals surface area contributed by atoms with Crippen molar-refractivity contribution in [2.24, 2.45) is 5.41 Å². The highest BCUT2D eigenvalue weighted by atomic mass is 35.5. The molecule has 78 valence electrons. The molecule has 1 rings (SSSR count). The quantitative estimate of drug-likeness (QED) is 0.535. The summed E-state index contributed by atoms with van der Waals surface area (Å²) >= 11 is 6.14. The Morgan fingerprint density at radius 2 is 2.08 bits per heavy atom. The fourth-order valence-corrected chi connectivity index (χ4v) is 2.20. The highest BCUT2D eigenvalue weighted by Crippen LogP contribution is 2.44. The molecule has 1 aliphatic carbocycles. The number of unbranched alkanes of at least 4 members (excludes halogenated alkanes) is 2. The topological polar surface area (TPSA) is 12.0 Å². The highest BCUT2D eigenvalue weighted by Gasteiger charge is 2.46. The first kappa shape index (κ1) is 11.3. The molecule has 0 amide bonds. The number of rotatable bonds is 5. The van der Waals surface area contributed by atoms with Crippen molar-refractivity contribution >= 4 is 11.6 Å². The van der Waals surface area contributed by atoms with Crippen LogP contribution < -0.4 is 5.32 Å². The van der Waals surface area contributed by atoms with Gasteiger partial charge in [-0.15, -0.1) is 11.6 Å². The van der Waals surface area contributed by atoms with E-state index in [4.69, 9.17) is 11.6 Å². The van der Waals surface area contributed by atoms with Crippen LogP contribution in [0.25, 0.3) is 0 Å². The maximum absolute atomic E-state index is 6.14. The molecule has 0 aromatic rings. The summed E-state index contributed by atoms with van der Waals surface area (Å²) in [6.07, 6.45) is 5.08. The van der Waals surface area contributed by atoms with Crippen LogP contribution in [0.5, 0.6) is 0 Å². The highest BCUT2D eigenvalue weighted by molar-refractivity contribution is 6.21. The fourth-order valence-electron chi connectivity index (χ4n) is 1.87. The molecule has 0 bridgehead atoms. The largest absolute Gasteiger partial charge is 0.313 e. The molecule has 0 aromatic carbocycles. The zero-order valence-corrected chi connectivity index (χ0v) is 9.82. The summed E-state index contributed by atoms with van der Waals surface area (Å²) in [5.74, 6) is 0. The minimum Gasteiger partial charge on any atom is -0.313 e. The second-order valence-corrected chi connectivity index (χ2v) is 5.27. The van der Waals surface area contributed by atoms with Gasteiger partial charge in [0.2, 0.25) is 0 Å². The maximum atomic E-state index is 6.14. The number of nitrogens with one attached hydrogen (secondary N) is 1. The molecule has 13 heavy (non-hydrogen) atoms. The van der Waals surface area contributed by atoms with E-state index >= 15 is 0 Å². The van der Waals surface area contributed by atoms with Gasteiger partial charge >= 0.3 is 0 Å². The van der Waals surface area contributed by atoms with Crippen LogP contribution in [0.1, 0.15) is 46.5 Å². The first-order chi connectivity index (χ1) is 6.09. The lowest BCUT2D eigenvalue weighted by atomic mass is 9.67. The van der Waals surface area contributed by atoms with Gasteiger partial charge in [0.05, 0.1) is 0 Å². The number of hydrogen-bond acceptors (Lipinski definition) is 1. The Labute approximate surface area is 87.2 Å². The molecule has 0 aromatic heterocycles. The van der Waals surface area contributed by atoms with Crippen molar-refractivity contribution in [3.8, 4) is 0 Å².